The largest absolute Gasteiger partial charge is 2.00 e. The molecule has 0 heterocycles. The monoisotopic (exact) mass is 140 g/mol. The van der Waals surface area contributed by atoms with Crippen molar-refractivity contribution in [3.63, 3.8) is 0 Å². The van der Waals surface area contributed by atoms with E-state index in [9.17, 15) is 10.0 Å². The van der Waals surface area contributed by atoms with Crippen LogP contribution in [0.15, 0.2) is 0 Å². The van der Waals surface area contributed by atoms with E-state index in [-0.39, 0.29) is 36.0 Å². The third-order valence-electron chi connectivity index (χ3n) is 0.848. The molecule has 5 heteroatoms. The fourth-order valence-electron chi connectivity index (χ4n) is 0.423. The van der Waals surface area contributed by atoms with Gasteiger partial charge in [0.15, 0.2) is 0 Å². The standard InChI is InChI=1S/C4H9BO3.Mg/c6-4-2-1-3-5(7)8;/h6H,1-4H2;/q-2;+2. The Hall–Kier alpha value is 0.711. The average Bonchev–Trinajstić information content (AvgIpc) is 1.66. The van der Waals surface area contributed by atoms with E-state index in [0.717, 1.165) is 0 Å². The van der Waals surface area contributed by atoms with E-state index < -0.39 is 7.12 Å². The smallest absolute Gasteiger partial charge is 0.893 e. The molecule has 0 aromatic heterocycles. The van der Waals surface area contributed by atoms with Crippen LogP contribution in [0.25, 0.3) is 0 Å². The van der Waals surface area contributed by atoms with Gasteiger partial charge in [-0.1, -0.05) is 6.42 Å². The van der Waals surface area contributed by atoms with Gasteiger partial charge in [0.05, 0.1) is 0 Å². The first-order valence-electron chi connectivity index (χ1n) is 2.70. The molecule has 0 radical (unpaired) electrons. The Kier molecular flexibility index (Phi) is 12.0. The molecule has 0 amide bonds. The number of aliphatic hydroxyl groups is 1. The fourth-order valence-corrected chi connectivity index (χ4v) is 0.423. The average molecular weight is 140 g/mol. The van der Waals surface area contributed by atoms with Crippen molar-refractivity contribution in [3.05, 3.63) is 0 Å². The second kappa shape index (κ2) is 8.71. The SMILES string of the molecule is [Mg+2].[O-]B([O-])CCCCO. The van der Waals surface area contributed by atoms with E-state index in [0.29, 0.717) is 12.8 Å². The molecular formula is C4H9BMgO3. The fraction of sp³-hybridized carbons (Fsp3) is 1.00. The van der Waals surface area contributed by atoms with Crippen molar-refractivity contribution < 1.29 is 15.2 Å². The van der Waals surface area contributed by atoms with Gasteiger partial charge in [0.2, 0.25) is 0 Å². The van der Waals surface area contributed by atoms with E-state index in [2.05, 4.69) is 0 Å². The van der Waals surface area contributed by atoms with Crippen LogP contribution >= 0.6 is 0 Å². The van der Waals surface area contributed by atoms with E-state index in [1.807, 2.05) is 0 Å². The summed E-state index contributed by atoms with van der Waals surface area (Å²) in [6.45, 7) is 0.0761. The third-order valence-corrected chi connectivity index (χ3v) is 0.848. The van der Waals surface area contributed by atoms with E-state index in [1.54, 1.807) is 0 Å². The normalized spacial score (nSPS) is 8.33. The summed E-state index contributed by atoms with van der Waals surface area (Å²) < 4.78 is 0. The molecule has 0 aliphatic rings. The Balaban J connectivity index is 0. The Bertz CT molecular complexity index is 53.1. The Labute approximate surface area is 71.4 Å². The Morgan fingerprint density at radius 2 is 1.78 bits per heavy atom. The first kappa shape index (κ1) is 12.4. The molecule has 0 aliphatic carbocycles. The van der Waals surface area contributed by atoms with Gasteiger partial charge in [0.25, 0.3) is 0 Å². The van der Waals surface area contributed by atoms with Crippen molar-refractivity contribution in [2.75, 3.05) is 6.61 Å². The molecule has 0 saturated carbocycles. The molecule has 0 aromatic carbocycles. The van der Waals surface area contributed by atoms with Gasteiger partial charge < -0.3 is 15.2 Å². The van der Waals surface area contributed by atoms with Crippen molar-refractivity contribution in [1.29, 1.82) is 0 Å². The van der Waals surface area contributed by atoms with E-state index in [4.69, 9.17) is 5.11 Å². The molecule has 0 aromatic rings. The molecule has 0 saturated heterocycles. The van der Waals surface area contributed by atoms with Crippen LogP contribution in [0.4, 0.5) is 0 Å². The summed E-state index contributed by atoms with van der Waals surface area (Å²) in [7, 11) is -1.71. The second-order valence-corrected chi connectivity index (χ2v) is 1.65. The van der Waals surface area contributed by atoms with E-state index >= 15 is 0 Å². The molecule has 0 spiro atoms. The Morgan fingerprint density at radius 1 is 1.22 bits per heavy atom. The van der Waals surface area contributed by atoms with Crippen molar-refractivity contribution in [2.24, 2.45) is 0 Å². The first-order chi connectivity index (χ1) is 3.77. The Morgan fingerprint density at radius 3 is 2.11 bits per heavy atom. The predicted octanol–water partition coefficient (Wildman–Crippen LogP) is -2.41. The van der Waals surface area contributed by atoms with Gasteiger partial charge in [-0.15, -0.1) is 13.4 Å². The van der Waals surface area contributed by atoms with Gasteiger partial charge in [0.1, 0.15) is 0 Å². The van der Waals surface area contributed by atoms with Gasteiger partial charge >= 0.3 is 23.1 Å². The van der Waals surface area contributed by atoms with Gasteiger partial charge in [-0.3, -0.25) is 0 Å². The number of unbranched alkanes of at least 4 members (excludes halogenated alkanes) is 1. The van der Waals surface area contributed by atoms with Crippen LogP contribution in [0.5, 0.6) is 0 Å². The van der Waals surface area contributed by atoms with E-state index in [1.165, 1.54) is 0 Å². The molecule has 9 heavy (non-hydrogen) atoms. The number of rotatable bonds is 4. The van der Waals surface area contributed by atoms with Crippen LogP contribution in [0.1, 0.15) is 12.8 Å². The van der Waals surface area contributed by atoms with Crippen LogP contribution in [-0.2, 0) is 0 Å². The zero-order valence-electron chi connectivity index (χ0n) is 5.38. The molecule has 0 bridgehead atoms. The summed E-state index contributed by atoms with van der Waals surface area (Å²) >= 11 is 0. The third kappa shape index (κ3) is 12.0. The molecule has 3 nitrogen and oxygen atoms in total. The molecule has 48 valence electrons. The topological polar surface area (TPSA) is 66.3 Å². The van der Waals surface area contributed by atoms with Crippen molar-refractivity contribution >= 4 is 30.2 Å². The van der Waals surface area contributed by atoms with Gasteiger partial charge in [0, 0.05) is 6.61 Å². The van der Waals surface area contributed by atoms with Crippen LogP contribution < -0.4 is 10.0 Å². The number of aliphatic hydroxyl groups excluding tert-OH is 1. The molecule has 0 fully saturated rings. The maximum absolute atomic E-state index is 9.76. The van der Waals surface area contributed by atoms with Crippen molar-refractivity contribution in [1.82, 2.24) is 0 Å². The quantitative estimate of drug-likeness (QED) is 0.349. The first-order valence-corrected chi connectivity index (χ1v) is 2.70. The van der Waals surface area contributed by atoms with Crippen LogP contribution in [0.3, 0.4) is 0 Å². The van der Waals surface area contributed by atoms with Gasteiger partial charge in [-0.2, -0.15) is 0 Å². The molecule has 0 aliphatic heterocycles. The molecule has 0 rings (SSSR count). The van der Waals surface area contributed by atoms with Gasteiger partial charge in [-0.05, 0) is 6.42 Å². The second-order valence-electron chi connectivity index (χ2n) is 1.65. The number of hydrogen-bond acceptors (Lipinski definition) is 3. The van der Waals surface area contributed by atoms with Crippen molar-refractivity contribution in [2.45, 2.75) is 19.2 Å². The maximum Gasteiger partial charge on any atom is 2.00 e. The number of hydrogen-bond donors (Lipinski definition) is 1. The molecule has 1 N–H and O–H groups in total. The summed E-state index contributed by atoms with van der Waals surface area (Å²) in [6, 6.07) is 0. The summed E-state index contributed by atoms with van der Waals surface area (Å²) in [6.07, 6.45) is 1.26. The van der Waals surface area contributed by atoms with Crippen LogP contribution in [-0.4, -0.2) is 41.9 Å². The summed E-state index contributed by atoms with van der Waals surface area (Å²) in [5, 5.41) is 27.7. The molecule has 0 atom stereocenters. The van der Waals surface area contributed by atoms with Gasteiger partial charge in [-0.25, -0.2) is 0 Å². The minimum absolute atomic E-state index is 0. The minimum Gasteiger partial charge on any atom is -0.893 e. The van der Waals surface area contributed by atoms with Crippen LogP contribution in [0.2, 0.25) is 6.32 Å². The van der Waals surface area contributed by atoms with Crippen LogP contribution in [0, 0.1) is 0 Å². The summed E-state index contributed by atoms with van der Waals surface area (Å²) in [5.41, 5.74) is 0. The zero-order chi connectivity index (χ0) is 6.41. The minimum atomic E-state index is -1.71. The van der Waals surface area contributed by atoms with Crippen molar-refractivity contribution in [3.8, 4) is 0 Å². The zero-order valence-corrected chi connectivity index (χ0v) is 6.79. The predicted molar refractivity (Wildman–Crippen MR) is 32.6 cm³/mol. The molecule has 0 unspecified atom stereocenters. The summed E-state index contributed by atoms with van der Waals surface area (Å²) in [5.74, 6) is 0. The summed E-state index contributed by atoms with van der Waals surface area (Å²) in [4.78, 5) is 0. The molecular weight excluding hydrogens is 131 g/mol. The maximum atomic E-state index is 9.76.